The molecule has 0 saturated heterocycles. The van der Waals surface area contributed by atoms with E-state index in [1.165, 1.54) is 0 Å². The Hall–Kier alpha value is -2.99. The summed E-state index contributed by atoms with van der Waals surface area (Å²) >= 11 is 0. The summed E-state index contributed by atoms with van der Waals surface area (Å²) in [5, 5.41) is 2.62. The van der Waals surface area contributed by atoms with Crippen molar-refractivity contribution in [3.05, 3.63) is 65.9 Å². The molecule has 0 saturated carbocycles. The monoisotopic (exact) mass is 320 g/mol. The van der Waals surface area contributed by atoms with E-state index in [0.29, 0.717) is 6.61 Å². The Bertz CT molecular complexity index is 931. The van der Waals surface area contributed by atoms with Crippen molar-refractivity contribution in [1.29, 1.82) is 0 Å². The van der Waals surface area contributed by atoms with Crippen LogP contribution in [-0.4, -0.2) is 32.9 Å². The number of nitrogens with zero attached hydrogens (tertiary/aromatic N) is 3. The average Bonchev–Trinajstić information content (AvgIpc) is 3.05. The molecule has 0 spiro atoms. The molecule has 24 heavy (non-hydrogen) atoms. The lowest BCUT2D eigenvalue weighted by molar-refractivity contribution is -0.154. The number of H-pyrrole nitrogens is 1. The van der Waals surface area contributed by atoms with Crippen LogP contribution in [-0.2, 0) is 9.63 Å². The van der Waals surface area contributed by atoms with Crippen LogP contribution in [0.25, 0.3) is 16.6 Å². The zero-order valence-electron chi connectivity index (χ0n) is 13.1. The molecule has 6 heteroatoms. The first-order valence-corrected chi connectivity index (χ1v) is 7.78. The second-order valence-corrected chi connectivity index (χ2v) is 5.47. The molecule has 0 bridgehead atoms. The number of aromatic amines is 1. The first kappa shape index (κ1) is 14.6. The second kappa shape index (κ2) is 5.90. The zero-order valence-corrected chi connectivity index (χ0v) is 13.1. The van der Waals surface area contributed by atoms with Crippen LogP contribution in [0.1, 0.15) is 29.7 Å². The van der Waals surface area contributed by atoms with Crippen molar-refractivity contribution in [3.8, 4) is 0 Å². The van der Waals surface area contributed by atoms with Gasteiger partial charge in [-0.1, -0.05) is 0 Å². The Morgan fingerprint density at radius 3 is 3.08 bits per heavy atom. The number of aldehydes is 1. The quantitative estimate of drug-likeness (QED) is 0.749. The fourth-order valence-electron chi connectivity index (χ4n) is 3.10. The molecule has 1 N–H and O–H groups in total. The van der Waals surface area contributed by atoms with Gasteiger partial charge in [-0.25, -0.2) is 10.0 Å². The lowest BCUT2D eigenvalue weighted by atomic mass is 9.90. The van der Waals surface area contributed by atoms with Gasteiger partial charge in [0, 0.05) is 53.1 Å². The normalized spacial score (nSPS) is 16.8. The number of hydrogen-bond donors (Lipinski definition) is 1. The van der Waals surface area contributed by atoms with Crippen molar-refractivity contribution >= 4 is 22.9 Å². The largest absolute Gasteiger partial charge is 0.346 e. The van der Waals surface area contributed by atoms with E-state index in [2.05, 4.69) is 15.0 Å². The molecule has 0 fully saturated rings. The van der Waals surface area contributed by atoms with E-state index < -0.39 is 6.04 Å². The number of aromatic nitrogens is 3. The van der Waals surface area contributed by atoms with Gasteiger partial charge in [-0.05, 0) is 30.7 Å². The fraction of sp³-hybridized carbons (Fsp3) is 0.167. The number of hydrogen-bond acceptors (Lipinski definition) is 5. The van der Waals surface area contributed by atoms with Gasteiger partial charge in [-0.3, -0.25) is 9.82 Å². The summed E-state index contributed by atoms with van der Waals surface area (Å²) in [6, 6.07) is 5.36. The predicted octanol–water partition coefficient (Wildman–Crippen LogP) is 2.85. The number of nitrogens with one attached hydrogen (secondary N) is 1. The molecule has 0 aromatic carbocycles. The molecular weight excluding hydrogens is 304 g/mol. The van der Waals surface area contributed by atoms with Crippen LogP contribution in [0.5, 0.6) is 0 Å². The maximum Gasteiger partial charge on any atom is 0.149 e. The van der Waals surface area contributed by atoms with Crippen molar-refractivity contribution in [2.45, 2.75) is 13.0 Å². The van der Waals surface area contributed by atoms with Crippen molar-refractivity contribution in [2.75, 3.05) is 6.61 Å². The molecule has 0 radical (unpaired) electrons. The van der Waals surface area contributed by atoms with E-state index in [-0.39, 0.29) is 0 Å². The summed E-state index contributed by atoms with van der Waals surface area (Å²) in [4.78, 5) is 29.0. The van der Waals surface area contributed by atoms with Gasteiger partial charge in [-0.15, -0.1) is 0 Å². The molecule has 4 rings (SSSR count). The van der Waals surface area contributed by atoms with Crippen LogP contribution in [0.4, 0.5) is 0 Å². The highest BCUT2D eigenvalue weighted by Crippen LogP contribution is 2.38. The first-order valence-electron chi connectivity index (χ1n) is 7.78. The highest BCUT2D eigenvalue weighted by Gasteiger charge is 2.29. The summed E-state index contributed by atoms with van der Waals surface area (Å²) in [7, 11) is 0. The van der Waals surface area contributed by atoms with Crippen LogP contribution in [0, 0.1) is 0 Å². The van der Waals surface area contributed by atoms with Crippen molar-refractivity contribution < 1.29 is 9.63 Å². The second-order valence-electron chi connectivity index (χ2n) is 5.47. The first-order chi connectivity index (χ1) is 11.8. The highest BCUT2D eigenvalue weighted by molar-refractivity contribution is 5.97. The lowest BCUT2D eigenvalue weighted by Gasteiger charge is -2.32. The van der Waals surface area contributed by atoms with Crippen LogP contribution < -0.4 is 0 Å². The lowest BCUT2D eigenvalue weighted by Crippen LogP contribution is -2.29. The minimum atomic E-state index is -0.499. The Kier molecular flexibility index (Phi) is 3.59. The molecule has 0 aliphatic carbocycles. The summed E-state index contributed by atoms with van der Waals surface area (Å²) in [5.41, 5.74) is 4.61. The van der Waals surface area contributed by atoms with Crippen molar-refractivity contribution in [3.63, 3.8) is 0 Å². The van der Waals surface area contributed by atoms with Gasteiger partial charge in [0.1, 0.15) is 18.0 Å². The minimum absolute atomic E-state index is 0.471. The predicted molar refractivity (Wildman–Crippen MR) is 89.7 cm³/mol. The van der Waals surface area contributed by atoms with Crippen LogP contribution >= 0.6 is 0 Å². The fourth-order valence-corrected chi connectivity index (χ4v) is 3.10. The van der Waals surface area contributed by atoms with Gasteiger partial charge in [0.2, 0.25) is 0 Å². The molecule has 4 heterocycles. The third kappa shape index (κ3) is 2.19. The molecule has 1 aliphatic heterocycles. The van der Waals surface area contributed by atoms with Gasteiger partial charge in [-0.2, -0.15) is 0 Å². The maximum absolute atomic E-state index is 11.6. The Morgan fingerprint density at radius 2 is 2.25 bits per heavy atom. The maximum atomic E-state index is 11.6. The zero-order chi connectivity index (χ0) is 16.5. The van der Waals surface area contributed by atoms with Crippen LogP contribution in [0.2, 0.25) is 0 Å². The average molecular weight is 320 g/mol. The van der Waals surface area contributed by atoms with E-state index in [9.17, 15) is 4.79 Å². The standard InChI is InChI=1S/C18H16N4O2/c1-2-24-22-10-16(12-5-7-19-8-15(12)17(22)11-23)14-9-21-18-13(14)4-3-6-20-18/h3-11,17H,2H2,1H3,(H,20,21). The Balaban J connectivity index is 1.94. The van der Waals surface area contributed by atoms with E-state index in [0.717, 1.165) is 39.6 Å². The molecule has 3 aromatic rings. The highest BCUT2D eigenvalue weighted by atomic mass is 16.7. The third-order valence-corrected chi connectivity index (χ3v) is 4.14. The topological polar surface area (TPSA) is 71.1 Å². The van der Waals surface area contributed by atoms with E-state index >= 15 is 0 Å². The van der Waals surface area contributed by atoms with Crippen molar-refractivity contribution in [1.82, 2.24) is 20.0 Å². The van der Waals surface area contributed by atoms with Crippen molar-refractivity contribution in [2.24, 2.45) is 0 Å². The summed E-state index contributed by atoms with van der Waals surface area (Å²) < 4.78 is 0. The van der Waals surface area contributed by atoms with E-state index in [1.54, 1.807) is 23.7 Å². The van der Waals surface area contributed by atoms with Gasteiger partial charge in [0.05, 0.1) is 6.61 Å². The van der Waals surface area contributed by atoms with Gasteiger partial charge >= 0.3 is 0 Å². The number of rotatable bonds is 4. The molecule has 0 amide bonds. The Labute approximate surface area is 138 Å². The number of carbonyl (C=O) groups is 1. The summed E-state index contributed by atoms with van der Waals surface area (Å²) in [5.74, 6) is 0. The molecular formula is C18H16N4O2. The molecule has 1 aliphatic rings. The number of pyridine rings is 2. The van der Waals surface area contributed by atoms with Gasteiger partial charge in [0.15, 0.2) is 0 Å². The van der Waals surface area contributed by atoms with Gasteiger partial charge in [0.25, 0.3) is 0 Å². The molecule has 120 valence electrons. The summed E-state index contributed by atoms with van der Waals surface area (Å²) in [6.45, 7) is 2.36. The number of fused-ring (bicyclic) bond motifs is 2. The molecule has 1 unspecified atom stereocenters. The van der Waals surface area contributed by atoms with Gasteiger partial charge < -0.3 is 9.78 Å². The number of carbonyl (C=O) groups excluding carboxylic acids is 1. The molecule has 6 nitrogen and oxygen atoms in total. The number of hydroxylamine groups is 2. The van der Waals surface area contributed by atoms with E-state index in [4.69, 9.17) is 4.84 Å². The Morgan fingerprint density at radius 1 is 1.33 bits per heavy atom. The van der Waals surface area contributed by atoms with Crippen LogP contribution in [0.3, 0.4) is 0 Å². The third-order valence-electron chi connectivity index (χ3n) is 4.14. The summed E-state index contributed by atoms with van der Waals surface area (Å²) in [6.07, 6.45) is 9.89. The molecule has 1 atom stereocenters. The minimum Gasteiger partial charge on any atom is -0.346 e. The van der Waals surface area contributed by atoms with E-state index in [1.807, 2.05) is 37.5 Å². The smallest absolute Gasteiger partial charge is 0.149 e. The van der Waals surface area contributed by atoms with Crippen LogP contribution in [0.15, 0.2) is 49.2 Å². The molecule has 3 aromatic heterocycles. The SMILES string of the molecule is CCON1C=C(c2c[nH]c3ncccc23)c2ccncc2C1C=O.